The summed E-state index contributed by atoms with van der Waals surface area (Å²) in [6, 6.07) is 8.57. The van der Waals surface area contributed by atoms with Crippen molar-refractivity contribution < 1.29 is 0 Å². The Hall–Kier alpha value is -1.90. The van der Waals surface area contributed by atoms with Crippen LogP contribution in [0.3, 0.4) is 0 Å². The molecule has 0 aliphatic rings. The van der Waals surface area contributed by atoms with Crippen molar-refractivity contribution in [2.45, 2.75) is 47.0 Å². The van der Waals surface area contributed by atoms with Crippen LogP contribution in [-0.2, 0) is 6.42 Å². The highest BCUT2D eigenvalue weighted by molar-refractivity contribution is 5.66. The number of nitrogens with zero attached hydrogens (tertiary/aromatic N) is 2. The number of anilines is 1. The number of rotatable bonds is 6. The summed E-state index contributed by atoms with van der Waals surface area (Å²) < 4.78 is 0. The molecule has 0 amide bonds. The third kappa shape index (κ3) is 4.03. The van der Waals surface area contributed by atoms with Crippen molar-refractivity contribution in [3.8, 4) is 11.3 Å². The fourth-order valence-electron chi connectivity index (χ4n) is 2.42. The molecule has 1 heterocycles. The zero-order valence-corrected chi connectivity index (χ0v) is 13.5. The Morgan fingerprint density at radius 3 is 2.48 bits per heavy atom. The number of aromatic nitrogens is 2. The SMILES string of the molecule is CCCNc1cc(-c2ccc(C)cc2C)nc(CCC)n1. The molecule has 0 saturated heterocycles. The first-order valence-electron chi connectivity index (χ1n) is 7.83. The van der Waals surface area contributed by atoms with Crippen LogP contribution < -0.4 is 5.32 Å². The molecule has 3 nitrogen and oxygen atoms in total. The van der Waals surface area contributed by atoms with Crippen LogP contribution in [0.4, 0.5) is 5.82 Å². The van der Waals surface area contributed by atoms with Gasteiger partial charge in [0.15, 0.2) is 0 Å². The zero-order valence-electron chi connectivity index (χ0n) is 13.5. The second-order valence-corrected chi connectivity index (χ2v) is 5.55. The van der Waals surface area contributed by atoms with E-state index in [1.807, 2.05) is 0 Å². The maximum atomic E-state index is 4.74. The van der Waals surface area contributed by atoms with Gasteiger partial charge in [0.2, 0.25) is 0 Å². The molecule has 112 valence electrons. The second-order valence-electron chi connectivity index (χ2n) is 5.55. The molecule has 1 N–H and O–H groups in total. The molecular formula is C18H25N3. The van der Waals surface area contributed by atoms with E-state index >= 15 is 0 Å². The van der Waals surface area contributed by atoms with Gasteiger partial charge in [-0.15, -0.1) is 0 Å². The number of benzene rings is 1. The predicted octanol–water partition coefficient (Wildman–Crippen LogP) is 4.53. The molecule has 0 saturated carbocycles. The van der Waals surface area contributed by atoms with Crippen molar-refractivity contribution in [2.24, 2.45) is 0 Å². The lowest BCUT2D eigenvalue weighted by Crippen LogP contribution is -2.06. The highest BCUT2D eigenvalue weighted by Gasteiger charge is 2.08. The van der Waals surface area contributed by atoms with Crippen LogP contribution in [0.5, 0.6) is 0 Å². The van der Waals surface area contributed by atoms with Crippen molar-refractivity contribution in [3.05, 3.63) is 41.2 Å². The Kier molecular flexibility index (Phi) is 5.32. The van der Waals surface area contributed by atoms with Crippen LogP contribution in [0.1, 0.15) is 43.6 Å². The highest BCUT2D eigenvalue weighted by Crippen LogP contribution is 2.24. The zero-order chi connectivity index (χ0) is 15.2. The van der Waals surface area contributed by atoms with E-state index < -0.39 is 0 Å². The minimum Gasteiger partial charge on any atom is -0.370 e. The summed E-state index contributed by atoms with van der Waals surface area (Å²) in [5.74, 6) is 1.86. The first-order valence-corrected chi connectivity index (χ1v) is 7.83. The Labute approximate surface area is 127 Å². The van der Waals surface area contributed by atoms with E-state index in [0.29, 0.717) is 0 Å². The standard InChI is InChI=1S/C18H25N3/c1-5-7-17-20-16(12-18(21-17)19-10-6-2)15-9-8-13(3)11-14(15)4/h8-9,11-12H,5-7,10H2,1-4H3,(H,19,20,21). The summed E-state index contributed by atoms with van der Waals surface area (Å²) in [7, 11) is 0. The van der Waals surface area contributed by atoms with Gasteiger partial charge in [-0.25, -0.2) is 9.97 Å². The quantitative estimate of drug-likeness (QED) is 0.846. The lowest BCUT2D eigenvalue weighted by molar-refractivity contribution is 0.834. The minimum absolute atomic E-state index is 0.916. The molecule has 0 unspecified atom stereocenters. The van der Waals surface area contributed by atoms with Gasteiger partial charge >= 0.3 is 0 Å². The smallest absolute Gasteiger partial charge is 0.131 e. The minimum atomic E-state index is 0.916. The van der Waals surface area contributed by atoms with Crippen molar-refractivity contribution in [3.63, 3.8) is 0 Å². The summed E-state index contributed by atoms with van der Waals surface area (Å²) >= 11 is 0. The first-order chi connectivity index (χ1) is 10.1. The van der Waals surface area contributed by atoms with Gasteiger partial charge in [-0.1, -0.05) is 37.6 Å². The largest absolute Gasteiger partial charge is 0.370 e. The van der Waals surface area contributed by atoms with E-state index in [2.05, 4.69) is 62.3 Å². The maximum Gasteiger partial charge on any atom is 0.131 e. The summed E-state index contributed by atoms with van der Waals surface area (Å²) in [6.45, 7) is 9.52. The van der Waals surface area contributed by atoms with E-state index in [1.165, 1.54) is 16.7 Å². The van der Waals surface area contributed by atoms with Gasteiger partial charge in [0.1, 0.15) is 11.6 Å². The molecule has 0 aliphatic heterocycles. The molecule has 0 atom stereocenters. The summed E-state index contributed by atoms with van der Waals surface area (Å²) in [5.41, 5.74) is 4.76. The molecule has 3 heteroatoms. The molecule has 0 aliphatic carbocycles. The maximum absolute atomic E-state index is 4.74. The van der Waals surface area contributed by atoms with Gasteiger partial charge in [-0.3, -0.25) is 0 Å². The van der Waals surface area contributed by atoms with E-state index in [9.17, 15) is 0 Å². The number of hydrogen-bond acceptors (Lipinski definition) is 3. The van der Waals surface area contributed by atoms with E-state index in [0.717, 1.165) is 43.1 Å². The molecule has 1 aromatic carbocycles. The monoisotopic (exact) mass is 283 g/mol. The lowest BCUT2D eigenvalue weighted by atomic mass is 10.0. The fraction of sp³-hybridized carbons (Fsp3) is 0.444. The highest BCUT2D eigenvalue weighted by atomic mass is 15.0. The van der Waals surface area contributed by atoms with Gasteiger partial charge in [0, 0.05) is 24.6 Å². The normalized spacial score (nSPS) is 10.7. The molecule has 2 aromatic rings. The third-order valence-electron chi connectivity index (χ3n) is 3.46. The van der Waals surface area contributed by atoms with Gasteiger partial charge in [0.25, 0.3) is 0 Å². The first kappa shape index (κ1) is 15.5. The molecule has 0 bridgehead atoms. The van der Waals surface area contributed by atoms with Crippen molar-refractivity contribution >= 4 is 5.82 Å². The number of nitrogens with one attached hydrogen (secondary N) is 1. The topological polar surface area (TPSA) is 37.8 Å². The van der Waals surface area contributed by atoms with Gasteiger partial charge < -0.3 is 5.32 Å². The van der Waals surface area contributed by atoms with Crippen LogP contribution in [0.25, 0.3) is 11.3 Å². The summed E-state index contributed by atoms with van der Waals surface area (Å²) in [5, 5.41) is 3.38. The number of hydrogen-bond donors (Lipinski definition) is 1. The summed E-state index contributed by atoms with van der Waals surface area (Å²) in [4.78, 5) is 9.35. The second kappa shape index (κ2) is 7.21. The van der Waals surface area contributed by atoms with Crippen LogP contribution in [-0.4, -0.2) is 16.5 Å². The lowest BCUT2D eigenvalue weighted by Gasteiger charge is -2.11. The Balaban J connectivity index is 2.43. The van der Waals surface area contributed by atoms with Crippen LogP contribution in [0.15, 0.2) is 24.3 Å². The molecule has 0 radical (unpaired) electrons. The number of aryl methyl sites for hydroxylation is 3. The van der Waals surface area contributed by atoms with Crippen molar-refractivity contribution in [1.29, 1.82) is 0 Å². The Bertz CT molecular complexity index is 605. The molecular weight excluding hydrogens is 258 g/mol. The average Bonchev–Trinajstić information content (AvgIpc) is 2.45. The van der Waals surface area contributed by atoms with Gasteiger partial charge in [-0.05, 0) is 32.3 Å². The van der Waals surface area contributed by atoms with Gasteiger partial charge in [-0.2, -0.15) is 0 Å². The van der Waals surface area contributed by atoms with E-state index in [-0.39, 0.29) is 0 Å². The molecule has 0 spiro atoms. The van der Waals surface area contributed by atoms with Crippen molar-refractivity contribution in [2.75, 3.05) is 11.9 Å². The molecule has 0 fully saturated rings. The Morgan fingerprint density at radius 1 is 1.00 bits per heavy atom. The Morgan fingerprint density at radius 2 is 1.81 bits per heavy atom. The molecule has 2 rings (SSSR count). The fourth-order valence-corrected chi connectivity index (χ4v) is 2.42. The third-order valence-corrected chi connectivity index (χ3v) is 3.46. The average molecular weight is 283 g/mol. The van der Waals surface area contributed by atoms with Crippen LogP contribution in [0, 0.1) is 13.8 Å². The van der Waals surface area contributed by atoms with Crippen molar-refractivity contribution in [1.82, 2.24) is 9.97 Å². The summed E-state index contributed by atoms with van der Waals surface area (Å²) in [6.07, 6.45) is 3.06. The van der Waals surface area contributed by atoms with Crippen LogP contribution in [0.2, 0.25) is 0 Å². The van der Waals surface area contributed by atoms with Gasteiger partial charge in [0.05, 0.1) is 5.69 Å². The van der Waals surface area contributed by atoms with E-state index in [4.69, 9.17) is 4.98 Å². The van der Waals surface area contributed by atoms with Crippen LogP contribution >= 0.6 is 0 Å². The molecule has 1 aromatic heterocycles. The predicted molar refractivity (Wildman–Crippen MR) is 89.7 cm³/mol. The van der Waals surface area contributed by atoms with E-state index in [1.54, 1.807) is 0 Å². The molecule has 21 heavy (non-hydrogen) atoms.